The van der Waals surface area contributed by atoms with Crippen molar-refractivity contribution >= 4 is 46.4 Å². The van der Waals surface area contributed by atoms with Crippen LogP contribution in [0, 0.1) is 0 Å². The summed E-state index contributed by atoms with van der Waals surface area (Å²) in [6.07, 6.45) is 0.211. The molecule has 3 rings (SSSR count). The molecular weight excluding hydrogens is 463 g/mol. The number of rotatable bonds is 8. The number of halogens is 2. The van der Waals surface area contributed by atoms with E-state index >= 15 is 0 Å². The van der Waals surface area contributed by atoms with E-state index in [1.165, 1.54) is 4.90 Å². The van der Waals surface area contributed by atoms with E-state index in [2.05, 4.69) is 5.32 Å². The number of likely N-dealkylation sites (N-methyl/N-ethyl adjacent to an activating group) is 1. The number of carbonyl (C=O) groups is 2. The summed E-state index contributed by atoms with van der Waals surface area (Å²) in [6, 6.07) is 17.4. The normalized spacial score (nSPS) is 10.5. The topological polar surface area (TPSA) is 67.9 Å². The first kappa shape index (κ1) is 24.4. The molecule has 172 valence electrons. The molecule has 6 nitrogen and oxygen atoms in total. The van der Waals surface area contributed by atoms with Crippen molar-refractivity contribution in [1.29, 1.82) is 0 Å². The van der Waals surface area contributed by atoms with Crippen molar-refractivity contribution in [2.45, 2.75) is 12.8 Å². The van der Waals surface area contributed by atoms with Crippen LogP contribution in [-0.2, 0) is 22.4 Å². The molecule has 2 amide bonds. The first-order valence-corrected chi connectivity index (χ1v) is 10.9. The Morgan fingerprint density at radius 2 is 1.42 bits per heavy atom. The van der Waals surface area contributed by atoms with Gasteiger partial charge in [-0.1, -0.05) is 29.3 Å². The molecule has 0 aromatic heterocycles. The van der Waals surface area contributed by atoms with Gasteiger partial charge in [-0.3, -0.25) is 9.59 Å². The zero-order valence-corrected chi connectivity index (χ0v) is 20.0. The molecule has 0 aliphatic heterocycles. The third-order valence-electron chi connectivity index (χ3n) is 5.07. The molecule has 3 aromatic carbocycles. The molecule has 0 fully saturated rings. The van der Waals surface area contributed by atoms with Gasteiger partial charge in [0.05, 0.1) is 27.1 Å². The second-order valence-corrected chi connectivity index (χ2v) is 8.19. The number of nitrogens with one attached hydrogen (secondary N) is 1. The molecular formula is C25H24Cl2N2O4. The fourth-order valence-electron chi connectivity index (χ4n) is 3.37. The maximum Gasteiger partial charge on any atom is 0.231 e. The number of ether oxygens (including phenoxy) is 2. The fraction of sp³-hybridized carbons (Fsp3) is 0.200. The number of hydrogen-bond acceptors (Lipinski definition) is 4. The van der Waals surface area contributed by atoms with E-state index < -0.39 is 0 Å². The molecule has 1 N–H and O–H groups in total. The Morgan fingerprint density at radius 1 is 0.848 bits per heavy atom. The SMILES string of the molecule is COc1ccc(Cl)cc1CC(=O)Nc1cccc(N(C)C(=O)Cc2cc(Cl)ccc2OC)c1. The van der Waals surface area contributed by atoms with Gasteiger partial charge < -0.3 is 19.7 Å². The van der Waals surface area contributed by atoms with Crippen molar-refractivity contribution in [3.63, 3.8) is 0 Å². The number of nitrogens with zero attached hydrogens (tertiary/aromatic N) is 1. The first-order chi connectivity index (χ1) is 15.8. The van der Waals surface area contributed by atoms with Crippen LogP contribution < -0.4 is 19.7 Å². The van der Waals surface area contributed by atoms with Crippen LogP contribution in [0.3, 0.4) is 0 Å². The van der Waals surface area contributed by atoms with Gasteiger partial charge in [0.2, 0.25) is 11.8 Å². The molecule has 0 unspecified atom stereocenters. The van der Waals surface area contributed by atoms with Crippen molar-refractivity contribution < 1.29 is 19.1 Å². The zero-order valence-electron chi connectivity index (χ0n) is 18.5. The molecule has 0 saturated heterocycles. The summed E-state index contributed by atoms with van der Waals surface area (Å²) in [5.74, 6) is 0.803. The van der Waals surface area contributed by atoms with E-state index in [9.17, 15) is 9.59 Å². The molecule has 0 atom stereocenters. The smallest absolute Gasteiger partial charge is 0.231 e. The molecule has 33 heavy (non-hydrogen) atoms. The van der Waals surface area contributed by atoms with Crippen molar-refractivity contribution in [1.82, 2.24) is 0 Å². The highest BCUT2D eigenvalue weighted by Gasteiger charge is 2.16. The molecule has 8 heteroatoms. The van der Waals surface area contributed by atoms with Crippen LogP contribution in [0.25, 0.3) is 0 Å². The van der Waals surface area contributed by atoms with Crippen LogP contribution in [0.2, 0.25) is 10.0 Å². The second-order valence-electron chi connectivity index (χ2n) is 7.32. The Morgan fingerprint density at radius 3 is 2.00 bits per heavy atom. The van der Waals surface area contributed by atoms with Crippen LogP contribution in [0.15, 0.2) is 60.7 Å². The Kier molecular flexibility index (Phi) is 8.20. The summed E-state index contributed by atoms with van der Waals surface area (Å²) in [5, 5.41) is 3.91. The highest BCUT2D eigenvalue weighted by Crippen LogP contribution is 2.26. The van der Waals surface area contributed by atoms with Crippen LogP contribution in [0.5, 0.6) is 11.5 Å². The predicted octanol–water partition coefficient (Wildman–Crippen LogP) is 5.40. The van der Waals surface area contributed by atoms with E-state index in [1.807, 2.05) is 0 Å². The lowest BCUT2D eigenvalue weighted by atomic mass is 10.1. The maximum atomic E-state index is 12.9. The van der Waals surface area contributed by atoms with E-state index in [1.54, 1.807) is 81.9 Å². The number of anilines is 2. The highest BCUT2D eigenvalue weighted by molar-refractivity contribution is 6.31. The summed E-state index contributed by atoms with van der Waals surface area (Å²) in [4.78, 5) is 27.0. The van der Waals surface area contributed by atoms with Crippen LogP contribution in [0.1, 0.15) is 11.1 Å². The van der Waals surface area contributed by atoms with Gasteiger partial charge in [-0.05, 0) is 54.6 Å². The minimum Gasteiger partial charge on any atom is -0.496 e. The van der Waals surface area contributed by atoms with Gasteiger partial charge >= 0.3 is 0 Å². The maximum absolute atomic E-state index is 12.9. The quantitative estimate of drug-likeness (QED) is 0.462. The molecule has 0 bridgehead atoms. The summed E-state index contributed by atoms with van der Waals surface area (Å²) in [5.41, 5.74) is 2.58. The minimum atomic E-state index is -0.231. The number of benzene rings is 3. The summed E-state index contributed by atoms with van der Waals surface area (Å²) in [6.45, 7) is 0. The third kappa shape index (κ3) is 6.40. The Bertz CT molecular complexity index is 1170. The summed E-state index contributed by atoms with van der Waals surface area (Å²) in [7, 11) is 4.77. The zero-order chi connectivity index (χ0) is 24.0. The highest BCUT2D eigenvalue weighted by atomic mass is 35.5. The van der Waals surface area contributed by atoms with E-state index in [0.29, 0.717) is 44.0 Å². The van der Waals surface area contributed by atoms with Gasteiger partial charge in [-0.15, -0.1) is 0 Å². The Labute approximate surface area is 203 Å². The van der Waals surface area contributed by atoms with Gasteiger partial charge in [-0.2, -0.15) is 0 Å². The lowest BCUT2D eigenvalue weighted by Gasteiger charge is -2.19. The molecule has 3 aromatic rings. The number of amides is 2. The molecule has 0 saturated carbocycles. The molecule has 0 radical (unpaired) electrons. The Hall–Kier alpha value is -3.22. The van der Waals surface area contributed by atoms with E-state index in [4.69, 9.17) is 32.7 Å². The average Bonchev–Trinajstić information content (AvgIpc) is 2.79. The van der Waals surface area contributed by atoms with Crippen molar-refractivity contribution in [3.05, 3.63) is 81.8 Å². The minimum absolute atomic E-state index is 0.0945. The summed E-state index contributed by atoms with van der Waals surface area (Å²) < 4.78 is 10.6. The first-order valence-electron chi connectivity index (χ1n) is 10.1. The van der Waals surface area contributed by atoms with Gasteiger partial charge in [-0.25, -0.2) is 0 Å². The fourth-order valence-corrected chi connectivity index (χ4v) is 3.76. The van der Waals surface area contributed by atoms with Crippen LogP contribution in [0.4, 0.5) is 11.4 Å². The number of carbonyl (C=O) groups excluding carboxylic acids is 2. The number of hydrogen-bond donors (Lipinski definition) is 1. The molecule has 0 spiro atoms. The van der Waals surface area contributed by atoms with Gasteiger partial charge in [0.1, 0.15) is 11.5 Å². The lowest BCUT2D eigenvalue weighted by Crippen LogP contribution is -2.28. The molecule has 0 aliphatic carbocycles. The average molecular weight is 487 g/mol. The van der Waals surface area contributed by atoms with Crippen molar-refractivity contribution in [2.75, 3.05) is 31.5 Å². The summed E-state index contributed by atoms with van der Waals surface area (Å²) >= 11 is 12.1. The number of methoxy groups -OCH3 is 2. The second kappa shape index (κ2) is 11.1. The van der Waals surface area contributed by atoms with Crippen LogP contribution >= 0.6 is 23.2 Å². The Balaban J connectivity index is 1.70. The third-order valence-corrected chi connectivity index (χ3v) is 5.54. The van der Waals surface area contributed by atoms with Gasteiger partial charge in [0.15, 0.2) is 0 Å². The molecule has 0 aliphatic rings. The lowest BCUT2D eigenvalue weighted by molar-refractivity contribution is -0.118. The standard InChI is InChI=1S/C25H24Cl2N2O4/c1-29(25(31)14-17-12-19(27)8-10-23(17)33-3)21-6-4-5-20(15-21)28-24(30)13-16-11-18(26)7-9-22(16)32-2/h4-12,15H,13-14H2,1-3H3,(H,28,30). The van der Waals surface area contributed by atoms with Gasteiger partial charge in [0, 0.05) is 39.6 Å². The largest absolute Gasteiger partial charge is 0.496 e. The monoisotopic (exact) mass is 486 g/mol. The predicted molar refractivity (Wildman–Crippen MR) is 132 cm³/mol. The van der Waals surface area contributed by atoms with Crippen LogP contribution in [-0.4, -0.2) is 33.1 Å². The van der Waals surface area contributed by atoms with Crippen molar-refractivity contribution in [2.24, 2.45) is 0 Å². The van der Waals surface area contributed by atoms with E-state index in [-0.39, 0.29) is 24.7 Å². The van der Waals surface area contributed by atoms with Crippen molar-refractivity contribution in [3.8, 4) is 11.5 Å². The molecule has 0 heterocycles. The van der Waals surface area contributed by atoms with Gasteiger partial charge in [0.25, 0.3) is 0 Å². The van der Waals surface area contributed by atoms with E-state index in [0.717, 1.165) is 0 Å².